The summed E-state index contributed by atoms with van der Waals surface area (Å²) in [4.78, 5) is 7.40. The molecule has 4 nitrogen and oxygen atoms in total. The predicted octanol–water partition coefficient (Wildman–Crippen LogP) is 5.07. The topological polar surface area (TPSA) is 32.3 Å². The minimum Gasteiger partial charge on any atom is -0.452 e. The van der Waals surface area contributed by atoms with Crippen molar-refractivity contribution in [2.75, 3.05) is 24.5 Å². The SMILES string of the molecule is CCN1c2cc3oc4cc(=[N+](CC)CC)c(C)cc-4nc3cc2C(C)=CC1(C)C. The number of aromatic nitrogens is 1. The molecule has 0 saturated heterocycles. The van der Waals surface area contributed by atoms with E-state index in [-0.39, 0.29) is 5.54 Å². The molecule has 4 heteroatoms. The van der Waals surface area contributed by atoms with Gasteiger partial charge < -0.3 is 9.32 Å². The molecule has 0 unspecified atom stereocenters. The van der Waals surface area contributed by atoms with Crippen LogP contribution in [0.3, 0.4) is 0 Å². The fourth-order valence-corrected chi connectivity index (χ4v) is 4.82. The normalized spacial score (nSPS) is 15.6. The van der Waals surface area contributed by atoms with Gasteiger partial charge >= 0.3 is 0 Å². The lowest BCUT2D eigenvalue weighted by atomic mass is 9.88. The van der Waals surface area contributed by atoms with E-state index in [0.717, 1.165) is 42.2 Å². The van der Waals surface area contributed by atoms with E-state index in [9.17, 15) is 0 Å². The summed E-state index contributed by atoms with van der Waals surface area (Å²) < 4.78 is 8.77. The molecule has 1 aromatic rings. The number of benzene rings is 2. The molecule has 0 amide bonds. The molecular weight excluding hydrogens is 358 g/mol. The highest BCUT2D eigenvalue weighted by Gasteiger charge is 2.31. The fraction of sp³-hybridized carbons (Fsp3) is 0.440. The standard InChI is InChI=1S/C25H32N3O/c1-8-27(9-2)21-13-23-19(11-16(21)4)26-20-12-18-17(5)15-25(6,7)28(10-3)22(18)14-24(20)29-23/h11-15H,8-10H2,1-7H3/q+1. The van der Waals surface area contributed by atoms with Crippen molar-refractivity contribution in [3.8, 4) is 11.5 Å². The average Bonchev–Trinajstić information content (AvgIpc) is 2.66. The van der Waals surface area contributed by atoms with Crippen LogP contribution < -0.4 is 14.8 Å². The van der Waals surface area contributed by atoms with E-state index in [0.29, 0.717) is 0 Å². The molecule has 0 fully saturated rings. The van der Waals surface area contributed by atoms with E-state index in [2.05, 4.69) is 88.3 Å². The maximum Gasteiger partial charge on any atom is 0.206 e. The van der Waals surface area contributed by atoms with Crippen molar-refractivity contribution in [1.29, 1.82) is 0 Å². The number of allylic oxidation sites excluding steroid dienone is 1. The first-order valence-electron chi connectivity index (χ1n) is 10.7. The molecule has 0 atom stereocenters. The van der Waals surface area contributed by atoms with E-state index < -0.39 is 0 Å². The molecule has 1 aliphatic carbocycles. The van der Waals surface area contributed by atoms with Crippen molar-refractivity contribution in [1.82, 2.24) is 9.56 Å². The molecule has 1 aromatic carbocycles. The molecule has 2 heterocycles. The first-order valence-corrected chi connectivity index (χ1v) is 10.7. The largest absolute Gasteiger partial charge is 0.452 e. The van der Waals surface area contributed by atoms with Crippen molar-refractivity contribution < 1.29 is 4.42 Å². The Kier molecular flexibility index (Phi) is 4.76. The molecule has 152 valence electrons. The van der Waals surface area contributed by atoms with Crippen LogP contribution in [0.15, 0.2) is 34.8 Å². The van der Waals surface area contributed by atoms with Crippen LogP contribution in [0.5, 0.6) is 0 Å². The Morgan fingerprint density at radius 2 is 1.76 bits per heavy atom. The van der Waals surface area contributed by atoms with E-state index in [1.54, 1.807) is 0 Å². The number of rotatable bonds is 3. The summed E-state index contributed by atoms with van der Waals surface area (Å²) in [5.74, 6) is 0.843. The Morgan fingerprint density at radius 3 is 2.41 bits per heavy atom. The summed E-state index contributed by atoms with van der Waals surface area (Å²) >= 11 is 0. The van der Waals surface area contributed by atoms with E-state index in [1.807, 2.05) is 0 Å². The van der Waals surface area contributed by atoms with Crippen molar-refractivity contribution in [3.05, 3.63) is 46.8 Å². The zero-order chi connectivity index (χ0) is 20.9. The summed E-state index contributed by atoms with van der Waals surface area (Å²) in [6.45, 7) is 18.4. The van der Waals surface area contributed by atoms with Crippen molar-refractivity contribution in [3.63, 3.8) is 0 Å². The van der Waals surface area contributed by atoms with Gasteiger partial charge in [-0.1, -0.05) is 6.08 Å². The monoisotopic (exact) mass is 390 g/mol. The molecule has 0 bridgehead atoms. The number of anilines is 1. The van der Waals surface area contributed by atoms with Crippen LogP contribution in [0.4, 0.5) is 5.69 Å². The van der Waals surface area contributed by atoms with Crippen LogP contribution >= 0.6 is 0 Å². The summed E-state index contributed by atoms with van der Waals surface area (Å²) in [6, 6.07) is 8.66. The number of aryl methyl sites for hydroxylation is 1. The summed E-state index contributed by atoms with van der Waals surface area (Å²) in [6.07, 6.45) is 2.35. The van der Waals surface area contributed by atoms with Crippen LogP contribution in [0, 0.1) is 6.92 Å². The van der Waals surface area contributed by atoms with Gasteiger partial charge in [0.05, 0.1) is 11.6 Å². The van der Waals surface area contributed by atoms with Crippen LogP contribution in [0.1, 0.15) is 52.7 Å². The Hall–Kier alpha value is -2.62. The van der Waals surface area contributed by atoms with Crippen LogP contribution in [0.2, 0.25) is 0 Å². The Balaban J connectivity index is 2.02. The van der Waals surface area contributed by atoms with Gasteiger partial charge in [0.1, 0.15) is 24.3 Å². The molecule has 0 saturated carbocycles. The smallest absolute Gasteiger partial charge is 0.206 e. The number of likely N-dealkylation sites (N-methyl/N-ethyl adjacent to an activating group) is 1. The van der Waals surface area contributed by atoms with E-state index in [1.165, 1.54) is 27.7 Å². The molecule has 0 radical (unpaired) electrons. The van der Waals surface area contributed by atoms with Gasteiger partial charge in [-0.2, -0.15) is 0 Å². The molecule has 3 aliphatic rings. The Bertz CT molecular complexity index is 1160. The van der Waals surface area contributed by atoms with E-state index in [4.69, 9.17) is 9.40 Å². The lowest BCUT2D eigenvalue weighted by Crippen LogP contribution is -2.44. The first kappa shape index (κ1) is 19.7. The minimum absolute atomic E-state index is 0.0170. The highest BCUT2D eigenvalue weighted by molar-refractivity contribution is 5.91. The van der Waals surface area contributed by atoms with Crippen molar-refractivity contribution in [2.45, 2.75) is 54.0 Å². The van der Waals surface area contributed by atoms with Gasteiger partial charge in [0.15, 0.2) is 11.3 Å². The van der Waals surface area contributed by atoms with Gasteiger partial charge in [0, 0.05) is 29.4 Å². The average molecular weight is 391 g/mol. The van der Waals surface area contributed by atoms with Crippen molar-refractivity contribution in [2.24, 2.45) is 0 Å². The Labute approximate surface area is 173 Å². The number of fused-ring (bicyclic) bond motifs is 3. The highest BCUT2D eigenvalue weighted by Crippen LogP contribution is 2.41. The molecule has 2 aliphatic heterocycles. The van der Waals surface area contributed by atoms with Gasteiger partial charge in [-0.25, -0.2) is 9.56 Å². The quantitative estimate of drug-likeness (QED) is 0.462. The third kappa shape index (κ3) is 3.15. The molecular formula is C25H32N3O+. The summed E-state index contributed by atoms with van der Waals surface area (Å²) in [5.41, 5.74) is 7.66. The Morgan fingerprint density at radius 1 is 1.03 bits per heavy atom. The van der Waals surface area contributed by atoms with Gasteiger partial charge in [-0.05, 0) is 66.2 Å². The number of nitrogens with zero attached hydrogens (tertiary/aromatic N) is 3. The maximum atomic E-state index is 6.41. The second kappa shape index (κ2) is 7.01. The van der Waals surface area contributed by atoms with Crippen LogP contribution in [0.25, 0.3) is 28.1 Å². The van der Waals surface area contributed by atoms with Gasteiger partial charge in [0.2, 0.25) is 5.36 Å². The van der Waals surface area contributed by atoms with Crippen LogP contribution in [-0.2, 0) is 0 Å². The zero-order valence-corrected chi connectivity index (χ0v) is 18.8. The third-order valence-electron chi connectivity index (χ3n) is 6.22. The molecule has 0 aromatic heterocycles. The van der Waals surface area contributed by atoms with E-state index >= 15 is 0 Å². The maximum absolute atomic E-state index is 6.41. The second-order valence-corrected chi connectivity index (χ2v) is 8.55. The van der Waals surface area contributed by atoms with Crippen LogP contribution in [-0.4, -0.2) is 30.2 Å². The first-order chi connectivity index (χ1) is 13.8. The number of hydrogen-bond donors (Lipinski definition) is 0. The molecule has 29 heavy (non-hydrogen) atoms. The summed E-state index contributed by atoms with van der Waals surface area (Å²) in [5, 5.41) is 1.22. The number of hydrogen-bond acceptors (Lipinski definition) is 3. The minimum atomic E-state index is -0.0170. The zero-order valence-electron chi connectivity index (χ0n) is 18.8. The van der Waals surface area contributed by atoms with Crippen molar-refractivity contribution >= 4 is 22.4 Å². The lowest BCUT2D eigenvalue weighted by molar-refractivity contribution is 0.564. The fourth-order valence-electron chi connectivity index (χ4n) is 4.82. The predicted molar refractivity (Wildman–Crippen MR) is 122 cm³/mol. The second-order valence-electron chi connectivity index (χ2n) is 8.55. The van der Waals surface area contributed by atoms with Gasteiger partial charge in [-0.3, -0.25) is 0 Å². The molecule has 0 N–H and O–H groups in total. The molecule has 4 rings (SSSR count). The van der Waals surface area contributed by atoms with Gasteiger partial charge in [0.25, 0.3) is 0 Å². The summed E-state index contributed by atoms with van der Waals surface area (Å²) in [7, 11) is 0. The van der Waals surface area contributed by atoms with Gasteiger partial charge in [-0.15, -0.1) is 0 Å². The lowest BCUT2D eigenvalue weighted by Gasteiger charge is -2.42. The highest BCUT2D eigenvalue weighted by atomic mass is 16.3. The third-order valence-corrected chi connectivity index (χ3v) is 6.22. The molecule has 0 spiro atoms.